The van der Waals surface area contributed by atoms with E-state index >= 15 is 0 Å². The lowest BCUT2D eigenvalue weighted by Gasteiger charge is -2.09. The highest BCUT2D eigenvalue weighted by Gasteiger charge is 2.02. The van der Waals surface area contributed by atoms with Crippen LogP contribution in [0.1, 0.15) is 64.0 Å². The van der Waals surface area contributed by atoms with Crippen LogP contribution in [0.15, 0.2) is 18.2 Å². The molecule has 0 unspecified atom stereocenters. The van der Waals surface area contributed by atoms with Crippen LogP contribution >= 0.6 is 0 Å². The molecule has 0 aromatic heterocycles. The van der Waals surface area contributed by atoms with E-state index in [-0.39, 0.29) is 0 Å². The van der Waals surface area contributed by atoms with E-state index in [1.165, 1.54) is 43.2 Å². The van der Waals surface area contributed by atoms with Gasteiger partial charge in [-0.05, 0) is 44.7 Å². The van der Waals surface area contributed by atoms with Crippen LogP contribution in [0, 0.1) is 6.92 Å². The molecule has 0 aliphatic rings. The van der Waals surface area contributed by atoms with Gasteiger partial charge >= 0.3 is 0 Å². The summed E-state index contributed by atoms with van der Waals surface area (Å²) in [5.74, 6) is 1.03. The van der Waals surface area contributed by atoms with Crippen molar-refractivity contribution in [3.8, 4) is 5.75 Å². The zero-order valence-corrected chi connectivity index (χ0v) is 14.7. The maximum atomic E-state index is 5.41. The molecule has 0 fully saturated rings. The molecule has 0 N–H and O–H groups in total. The summed E-state index contributed by atoms with van der Waals surface area (Å²) in [6.07, 6.45) is 7.45. The monoisotopic (exact) mass is 294 g/mol. The molecule has 1 rings (SSSR count). The molecule has 21 heavy (non-hydrogen) atoms. The summed E-state index contributed by atoms with van der Waals surface area (Å²) >= 11 is 0. The Bertz CT molecular complexity index is 347. The molecule has 0 aliphatic heterocycles. The summed E-state index contributed by atoms with van der Waals surface area (Å²) in [5, 5.41) is 0. The Kier molecular flexibility index (Phi) is 13.3. The minimum atomic E-state index is 0.840. The van der Waals surface area contributed by atoms with Crippen molar-refractivity contribution in [2.24, 2.45) is 0 Å². The number of hydrogen-bond acceptors (Lipinski definition) is 2. The van der Waals surface area contributed by atoms with Crippen LogP contribution in [-0.4, -0.2) is 20.3 Å². The summed E-state index contributed by atoms with van der Waals surface area (Å²) in [4.78, 5) is 0. The van der Waals surface area contributed by atoms with E-state index in [2.05, 4.69) is 32.0 Å². The number of benzene rings is 1. The fourth-order valence-electron chi connectivity index (χ4n) is 2.30. The van der Waals surface area contributed by atoms with Gasteiger partial charge in [0.1, 0.15) is 5.75 Å². The Labute approximate surface area is 131 Å². The van der Waals surface area contributed by atoms with Gasteiger partial charge in [-0.3, -0.25) is 0 Å². The van der Waals surface area contributed by atoms with Crippen molar-refractivity contribution in [3.05, 3.63) is 29.3 Å². The Morgan fingerprint density at radius 1 is 0.952 bits per heavy atom. The molecule has 1 aromatic rings. The van der Waals surface area contributed by atoms with E-state index in [0.717, 1.165) is 25.4 Å². The Morgan fingerprint density at radius 2 is 1.62 bits per heavy atom. The van der Waals surface area contributed by atoms with Gasteiger partial charge in [0.2, 0.25) is 0 Å². The highest BCUT2D eigenvalue weighted by Crippen LogP contribution is 2.22. The fourth-order valence-corrected chi connectivity index (χ4v) is 2.30. The molecule has 122 valence electrons. The first-order valence-electron chi connectivity index (χ1n) is 8.49. The second-order valence-electron chi connectivity index (χ2n) is 5.03. The maximum Gasteiger partial charge on any atom is 0.122 e. The minimum Gasteiger partial charge on any atom is -0.496 e. The van der Waals surface area contributed by atoms with Gasteiger partial charge in [-0.25, -0.2) is 0 Å². The van der Waals surface area contributed by atoms with E-state index in [1.807, 2.05) is 13.8 Å². The molecule has 0 amide bonds. The summed E-state index contributed by atoms with van der Waals surface area (Å²) in [7, 11) is 1.75. The van der Waals surface area contributed by atoms with E-state index in [0.29, 0.717) is 0 Å². The van der Waals surface area contributed by atoms with Crippen molar-refractivity contribution < 1.29 is 9.47 Å². The van der Waals surface area contributed by atoms with Gasteiger partial charge in [0, 0.05) is 13.2 Å². The van der Waals surface area contributed by atoms with Crippen LogP contribution in [0.4, 0.5) is 0 Å². The molecule has 0 saturated carbocycles. The van der Waals surface area contributed by atoms with E-state index < -0.39 is 0 Å². The lowest BCUT2D eigenvalue weighted by Crippen LogP contribution is -1.95. The molecule has 1 aromatic carbocycles. The summed E-state index contributed by atoms with van der Waals surface area (Å²) in [5.41, 5.74) is 2.66. The SMILES string of the molecule is CC.CCOCCCCCCCc1cc(C)ccc1OC. The second-order valence-corrected chi connectivity index (χ2v) is 5.03. The average molecular weight is 294 g/mol. The van der Waals surface area contributed by atoms with Gasteiger partial charge in [0.25, 0.3) is 0 Å². The maximum absolute atomic E-state index is 5.41. The van der Waals surface area contributed by atoms with Crippen LogP contribution in [0.3, 0.4) is 0 Å². The molecular formula is C19H34O2. The third-order valence-corrected chi connectivity index (χ3v) is 3.37. The van der Waals surface area contributed by atoms with Crippen LogP contribution < -0.4 is 4.74 Å². The molecule has 0 bridgehead atoms. The Balaban J connectivity index is 0.00000191. The van der Waals surface area contributed by atoms with Gasteiger partial charge < -0.3 is 9.47 Å². The highest BCUT2D eigenvalue weighted by molar-refractivity contribution is 5.36. The van der Waals surface area contributed by atoms with E-state index in [4.69, 9.17) is 9.47 Å². The van der Waals surface area contributed by atoms with Gasteiger partial charge in [0.05, 0.1) is 7.11 Å². The first-order chi connectivity index (χ1) is 10.3. The van der Waals surface area contributed by atoms with E-state index in [9.17, 15) is 0 Å². The quantitative estimate of drug-likeness (QED) is 0.526. The lowest BCUT2D eigenvalue weighted by atomic mass is 10.0. The smallest absolute Gasteiger partial charge is 0.122 e. The third kappa shape index (κ3) is 9.52. The third-order valence-electron chi connectivity index (χ3n) is 3.37. The number of methoxy groups -OCH3 is 1. The van der Waals surface area contributed by atoms with Crippen LogP contribution in [0.25, 0.3) is 0 Å². The molecule has 0 radical (unpaired) electrons. The molecule has 0 saturated heterocycles. The summed E-state index contributed by atoms with van der Waals surface area (Å²) in [6, 6.07) is 6.43. The number of ether oxygens (including phenoxy) is 2. The Morgan fingerprint density at radius 3 is 2.29 bits per heavy atom. The first-order valence-corrected chi connectivity index (χ1v) is 8.49. The van der Waals surface area contributed by atoms with Crippen LogP contribution in [-0.2, 0) is 11.2 Å². The van der Waals surface area contributed by atoms with Crippen molar-refractivity contribution >= 4 is 0 Å². The first kappa shape index (κ1) is 20.0. The van der Waals surface area contributed by atoms with Crippen molar-refractivity contribution in [1.82, 2.24) is 0 Å². The van der Waals surface area contributed by atoms with E-state index in [1.54, 1.807) is 7.11 Å². The van der Waals surface area contributed by atoms with Gasteiger partial charge in [-0.1, -0.05) is 50.8 Å². The Hall–Kier alpha value is -1.02. The minimum absolute atomic E-state index is 0.840. The summed E-state index contributed by atoms with van der Waals surface area (Å²) < 4.78 is 10.7. The van der Waals surface area contributed by atoms with Crippen LogP contribution in [0.2, 0.25) is 0 Å². The number of unbranched alkanes of at least 4 members (excludes halogenated alkanes) is 4. The zero-order valence-electron chi connectivity index (χ0n) is 14.7. The van der Waals surface area contributed by atoms with Crippen LogP contribution in [0.5, 0.6) is 5.75 Å². The normalized spacial score (nSPS) is 9.95. The highest BCUT2D eigenvalue weighted by atomic mass is 16.5. The standard InChI is InChI=1S/C17H28O2.C2H6/c1-4-19-13-9-7-5-6-8-10-16-14-15(2)11-12-17(16)18-3;1-2/h11-12,14H,4-10,13H2,1-3H3;1-2H3. The predicted molar refractivity (Wildman–Crippen MR) is 92.4 cm³/mol. The number of hydrogen-bond donors (Lipinski definition) is 0. The fraction of sp³-hybridized carbons (Fsp3) is 0.684. The van der Waals surface area contributed by atoms with Crippen molar-refractivity contribution in [2.75, 3.05) is 20.3 Å². The number of rotatable bonds is 10. The molecule has 0 atom stereocenters. The second kappa shape index (κ2) is 13.9. The molecule has 2 heteroatoms. The average Bonchev–Trinajstić information content (AvgIpc) is 2.52. The van der Waals surface area contributed by atoms with Crippen molar-refractivity contribution in [1.29, 1.82) is 0 Å². The lowest BCUT2D eigenvalue weighted by molar-refractivity contribution is 0.143. The number of aryl methyl sites for hydroxylation is 2. The zero-order chi connectivity index (χ0) is 15.9. The predicted octanol–water partition coefficient (Wildman–Crippen LogP) is 5.56. The molecule has 0 heterocycles. The van der Waals surface area contributed by atoms with Gasteiger partial charge in [-0.15, -0.1) is 0 Å². The van der Waals surface area contributed by atoms with Crippen molar-refractivity contribution in [2.45, 2.75) is 66.2 Å². The molecule has 2 nitrogen and oxygen atoms in total. The van der Waals surface area contributed by atoms with Crippen molar-refractivity contribution in [3.63, 3.8) is 0 Å². The summed E-state index contributed by atoms with van der Waals surface area (Å²) in [6.45, 7) is 9.95. The van der Waals surface area contributed by atoms with Gasteiger partial charge in [0.15, 0.2) is 0 Å². The molecule has 0 aliphatic carbocycles. The topological polar surface area (TPSA) is 18.5 Å². The van der Waals surface area contributed by atoms with Gasteiger partial charge in [-0.2, -0.15) is 0 Å². The molecule has 0 spiro atoms. The molecular weight excluding hydrogens is 260 g/mol. The largest absolute Gasteiger partial charge is 0.496 e.